The number of nitrogens with one attached hydrogen (secondary N) is 3. The Kier molecular flexibility index (Phi) is 11.1. The largest absolute Gasteiger partial charge is 0.348 e. The molecule has 0 fully saturated rings. The second-order valence-electron chi connectivity index (χ2n) is 8.76. The average molecular weight is 452 g/mol. The maximum Gasteiger partial charge on any atom is 0.120 e. The average Bonchev–Trinajstić information content (AvgIpc) is 3.52. The number of rotatable bonds is 17. The van der Waals surface area contributed by atoms with Crippen molar-refractivity contribution in [2.24, 2.45) is 0 Å². The van der Waals surface area contributed by atoms with Crippen molar-refractivity contribution in [3.05, 3.63) is 71.8 Å². The fraction of sp³-hybridized carbons (Fsp3) is 0.538. The van der Waals surface area contributed by atoms with Gasteiger partial charge in [-0.1, -0.05) is 38.1 Å². The van der Waals surface area contributed by atoms with Gasteiger partial charge in [0.1, 0.15) is 11.6 Å². The Morgan fingerprint density at radius 3 is 1.88 bits per heavy atom. The lowest BCUT2D eigenvalue weighted by Gasteiger charge is -2.21. The van der Waals surface area contributed by atoms with Crippen LogP contribution in [0.15, 0.2) is 49.1 Å². The summed E-state index contributed by atoms with van der Waals surface area (Å²) in [7, 11) is 0. The number of benzene rings is 1. The molecule has 0 aliphatic heterocycles. The Morgan fingerprint density at radius 2 is 1.33 bits per heavy atom. The first-order valence-electron chi connectivity index (χ1n) is 12.5. The van der Waals surface area contributed by atoms with Crippen LogP contribution in [-0.2, 0) is 26.2 Å². The highest BCUT2D eigenvalue weighted by atomic mass is 15.2. The van der Waals surface area contributed by atoms with E-state index in [2.05, 4.69) is 73.2 Å². The molecule has 2 aromatic heterocycles. The lowest BCUT2D eigenvalue weighted by molar-refractivity contribution is 0.236. The van der Waals surface area contributed by atoms with Crippen LogP contribution in [-0.4, -0.2) is 55.9 Å². The molecule has 0 saturated heterocycles. The van der Waals surface area contributed by atoms with E-state index in [1.54, 1.807) is 12.4 Å². The van der Waals surface area contributed by atoms with Crippen molar-refractivity contribution in [2.45, 2.75) is 65.7 Å². The Morgan fingerprint density at radius 1 is 0.727 bits per heavy atom. The molecule has 0 amide bonds. The summed E-state index contributed by atoms with van der Waals surface area (Å²) in [6, 6.07) is 8.96. The molecule has 33 heavy (non-hydrogen) atoms. The zero-order valence-corrected chi connectivity index (χ0v) is 20.4. The molecule has 0 spiro atoms. The molecule has 7 nitrogen and oxygen atoms in total. The van der Waals surface area contributed by atoms with Crippen LogP contribution in [0.4, 0.5) is 0 Å². The van der Waals surface area contributed by atoms with Crippen molar-refractivity contribution in [2.75, 3.05) is 26.2 Å². The Labute approximate surface area is 199 Å². The highest BCUT2D eigenvalue weighted by Crippen LogP contribution is 2.12. The Bertz CT molecular complexity index is 801. The summed E-state index contributed by atoms with van der Waals surface area (Å²) in [5.41, 5.74) is 2.63. The molecule has 1 aromatic carbocycles. The number of unbranched alkanes of at least 4 members (excludes halogenated alkanes) is 1. The predicted octanol–water partition coefficient (Wildman–Crippen LogP) is 4.33. The summed E-state index contributed by atoms with van der Waals surface area (Å²) in [5, 5.41) is 3.61. The van der Waals surface area contributed by atoms with Gasteiger partial charge < -0.3 is 20.2 Å². The molecular weight excluding hydrogens is 410 g/mol. The van der Waals surface area contributed by atoms with Crippen LogP contribution < -0.4 is 5.32 Å². The van der Waals surface area contributed by atoms with E-state index in [9.17, 15) is 0 Å². The van der Waals surface area contributed by atoms with Crippen LogP contribution in [0.2, 0.25) is 0 Å². The third kappa shape index (κ3) is 9.50. The van der Waals surface area contributed by atoms with Gasteiger partial charge in [-0.2, -0.15) is 0 Å². The minimum atomic E-state index is 0.755. The van der Waals surface area contributed by atoms with Crippen molar-refractivity contribution in [1.29, 1.82) is 0 Å². The number of hydrogen-bond acceptors (Lipinski definition) is 5. The van der Waals surface area contributed by atoms with Crippen molar-refractivity contribution in [3.8, 4) is 0 Å². The molecule has 3 rings (SSSR count). The number of H-pyrrole nitrogens is 2. The van der Waals surface area contributed by atoms with Crippen molar-refractivity contribution >= 4 is 0 Å². The molecule has 0 aliphatic rings. The van der Waals surface area contributed by atoms with Gasteiger partial charge in [0.15, 0.2) is 0 Å². The summed E-state index contributed by atoms with van der Waals surface area (Å²) >= 11 is 0. The smallest absolute Gasteiger partial charge is 0.120 e. The van der Waals surface area contributed by atoms with Gasteiger partial charge in [0.25, 0.3) is 0 Å². The van der Waals surface area contributed by atoms with Crippen LogP contribution in [0.3, 0.4) is 0 Å². The molecular formula is C26H41N7. The minimum absolute atomic E-state index is 0.755. The second kappa shape index (κ2) is 14.6. The summed E-state index contributed by atoms with van der Waals surface area (Å²) < 4.78 is 0. The molecule has 0 atom stereocenters. The third-order valence-electron chi connectivity index (χ3n) is 5.77. The molecule has 0 bridgehead atoms. The quantitative estimate of drug-likeness (QED) is 0.266. The molecule has 0 saturated carbocycles. The number of aromatic nitrogens is 4. The van der Waals surface area contributed by atoms with Crippen LogP contribution in [0.5, 0.6) is 0 Å². The molecule has 0 unspecified atom stereocenters. The van der Waals surface area contributed by atoms with Crippen molar-refractivity contribution < 1.29 is 0 Å². The van der Waals surface area contributed by atoms with Crippen molar-refractivity contribution in [3.63, 3.8) is 0 Å². The summed E-state index contributed by atoms with van der Waals surface area (Å²) in [4.78, 5) is 20.1. The monoisotopic (exact) mass is 451 g/mol. The molecule has 3 aromatic rings. The van der Waals surface area contributed by atoms with E-state index < -0.39 is 0 Å². The van der Waals surface area contributed by atoms with E-state index in [1.165, 1.54) is 56.4 Å². The highest BCUT2D eigenvalue weighted by molar-refractivity contribution is 5.22. The number of imidazole rings is 2. The third-order valence-corrected chi connectivity index (χ3v) is 5.77. The van der Waals surface area contributed by atoms with E-state index in [0.717, 1.165) is 44.4 Å². The predicted molar refractivity (Wildman–Crippen MR) is 135 cm³/mol. The molecule has 2 heterocycles. The van der Waals surface area contributed by atoms with E-state index in [1.807, 2.05) is 12.4 Å². The number of hydrogen-bond donors (Lipinski definition) is 3. The minimum Gasteiger partial charge on any atom is -0.348 e. The van der Waals surface area contributed by atoms with Gasteiger partial charge in [-0.3, -0.25) is 4.90 Å². The SMILES string of the molecule is CCCN(CCC)CCCCNCc1ccc(CN(Cc2ncc[nH]2)Cc2ncc[nH]2)cc1. The fourth-order valence-electron chi connectivity index (χ4n) is 4.17. The Balaban J connectivity index is 1.40. The van der Waals surface area contributed by atoms with Gasteiger partial charge >= 0.3 is 0 Å². The molecule has 180 valence electrons. The molecule has 0 aliphatic carbocycles. The van der Waals surface area contributed by atoms with Crippen LogP contribution >= 0.6 is 0 Å². The first kappa shape index (κ1) is 25.1. The standard InChI is InChI=1S/C26H41N7/c1-3-16-32(17-4-2)18-6-5-11-27-19-23-7-9-24(10-8-23)20-33(21-25-28-12-13-29-25)22-26-30-14-15-31-26/h7-10,12-15,27H,3-6,11,16-22H2,1-2H3,(H,28,29)(H,30,31). The molecule has 7 heteroatoms. The van der Waals surface area contributed by atoms with Crippen LogP contribution in [0.1, 0.15) is 62.3 Å². The van der Waals surface area contributed by atoms with Gasteiger partial charge in [-0.05, 0) is 63.0 Å². The normalized spacial score (nSPS) is 11.6. The van der Waals surface area contributed by atoms with Crippen LogP contribution in [0, 0.1) is 0 Å². The van der Waals surface area contributed by atoms with E-state index in [4.69, 9.17) is 0 Å². The van der Waals surface area contributed by atoms with Crippen LogP contribution in [0.25, 0.3) is 0 Å². The summed E-state index contributed by atoms with van der Waals surface area (Å²) in [6.07, 6.45) is 12.3. The van der Waals surface area contributed by atoms with Gasteiger partial charge in [-0.25, -0.2) is 9.97 Å². The molecule has 3 N–H and O–H groups in total. The number of aromatic amines is 2. The van der Waals surface area contributed by atoms with Gasteiger partial charge in [0.2, 0.25) is 0 Å². The summed E-state index contributed by atoms with van der Waals surface area (Å²) in [6.45, 7) is 12.6. The lowest BCUT2D eigenvalue weighted by atomic mass is 10.1. The maximum absolute atomic E-state index is 4.39. The van der Waals surface area contributed by atoms with E-state index in [0.29, 0.717) is 0 Å². The fourth-order valence-corrected chi connectivity index (χ4v) is 4.17. The molecule has 0 radical (unpaired) electrons. The maximum atomic E-state index is 4.39. The van der Waals surface area contributed by atoms with Gasteiger partial charge in [0, 0.05) is 37.9 Å². The Hall–Kier alpha value is -2.48. The second-order valence-corrected chi connectivity index (χ2v) is 8.76. The first-order valence-corrected chi connectivity index (χ1v) is 12.5. The summed E-state index contributed by atoms with van der Waals surface area (Å²) in [5.74, 6) is 1.93. The van der Waals surface area contributed by atoms with E-state index >= 15 is 0 Å². The number of nitrogens with zero attached hydrogens (tertiary/aromatic N) is 4. The zero-order chi connectivity index (χ0) is 23.1. The zero-order valence-electron chi connectivity index (χ0n) is 20.4. The van der Waals surface area contributed by atoms with Crippen molar-refractivity contribution in [1.82, 2.24) is 35.1 Å². The first-order chi connectivity index (χ1) is 16.3. The van der Waals surface area contributed by atoms with Gasteiger partial charge in [0.05, 0.1) is 13.1 Å². The topological polar surface area (TPSA) is 75.9 Å². The highest BCUT2D eigenvalue weighted by Gasteiger charge is 2.11. The lowest BCUT2D eigenvalue weighted by Crippen LogP contribution is -2.27. The van der Waals surface area contributed by atoms with Gasteiger partial charge in [-0.15, -0.1) is 0 Å². The van der Waals surface area contributed by atoms with E-state index in [-0.39, 0.29) is 0 Å².